The van der Waals surface area contributed by atoms with Crippen LogP contribution in [0.15, 0.2) is 72.8 Å². The lowest BCUT2D eigenvalue weighted by Gasteiger charge is -2.38. The summed E-state index contributed by atoms with van der Waals surface area (Å²) in [6.45, 7) is 9.53. The highest BCUT2D eigenvalue weighted by Crippen LogP contribution is 2.44. The van der Waals surface area contributed by atoms with Crippen LogP contribution in [-0.4, -0.2) is 31.0 Å². The largest absolute Gasteiger partial charge is 0.493 e. The molecule has 2 N–H and O–H groups in total. The first-order chi connectivity index (χ1) is 18.1. The molecule has 2 unspecified atom stereocenters. The van der Waals surface area contributed by atoms with Crippen LogP contribution in [-0.2, 0) is 11.2 Å². The maximum atomic E-state index is 13.7. The average Bonchev–Trinajstić information content (AvgIpc) is 2.89. The lowest BCUT2D eigenvalue weighted by molar-refractivity contribution is -0.118. The van der Waals surface area contributed by atoms with Crippen LogP contribution in [0.4, 0.5) is 5.69 Å². The predicted molar refractivity (Wildman–Crippen MR) is 154 cm³/mol. The molecule has 38 heavy (non-hydrogen) atoms. The van der Waals surface area contributed by atoms with Crippen LogP contribution in [0.1, 0.15) is 55.0 Å². The number of hydrogen-bond donors (Lipinski definition) is 2. The fraction of sp³-hybridized carbons (Fsp3) is 0.258. The molecule has 0 radical (unpaired) electrons. The first-order valence-electron chi connectivity index (χ1n) is 12.4. The van der Waals surface area contributed by atoms with Gasteiger partial charge in [-0.25, -0.2) is 0 Å². The van der Waals surface area contributed by atoms with Gasteiger partial charge < -0.3 is 25.2 Å². The Bertz CT molecular complexity index is 1380. The summed E-state index contributed by atoms with van der Waals surface area (Å²) >= 11 is 6.20. The van der Waals surface area contributed by atoms with E-state index in [9.17, 15) is 4.79 Å². The summed E-state index contributed by atoms with van der Waals surface area (Å²) in [5, 5.41) is 16.8. The Morgan fingerprint density at radius 2 is 1.76 bits per heavy atom. The second-order valence-electron chi connectivity index (χ2n) is 9.69. The zero-order valence-corrected chi connectivity index (χ0v) is 22.8. The minimum absolute atomic E-state index is 0.0514. The number of carbonyl (C=O) groups excluding carboxylic acids is 1. The first kappa shape index (κ1) is 27.1. The second-order valence-corrected chi connectivity index (χ2v) is 10.1. The average molecular weight is 530 g/mol. The van der Waals surface area contributed by atoms with Crippen molar-refractivity contribution in [2.24, 2.45) is 0 Å². The van der Waals surface area contributed by atoms with Crippen molar-refractivity contribution in [1.29, 1.82) is 10.8 Å². The fourth-order valence-electron chi connectivity index (χ4n) is 4.78. The molecule has 1 aliphatic rings. The van der Waals surface area contributed by atoms with Gasteiger partial charge in [0.1, 0.15) is 0 Å². The van der Waals surface area contributed by atoms with E-state index >= 15 is 0 Å². The van der Waals surface area contributed by atoms with Crippen LogP contribution < -0.4 is 14.4 Å². The number of hydrogen-bond acceptors (Lipinski definition) is 5. The van der Waals surface area contributed by atoms with E-state index in [1.807, 2.05) is 74.5 Å². The van der Waals surface area contributed by atoms with Gasteiger partial charge in [-0.1, -0.05) is 42.4 Å². The van der Waals surface area contributed by atoms with Gasteiger partial charge in [0.25, 0.3) is 0 Å². The minimum Gasteiger partial charge on any atom is -0.493 e. The highest BCUT2D eigenvalue weighted by molar-refractivity contribution is 6.30. The third kappa shape index (κ3) is 5.36. The molecule has 7 heteroatoms. The van der Waals surface area contributed by atoms with Crippen molar-refractivity contribution in [3.8, 4) is 11.5 Å². The number of allylic oxidation sites excluding steroid dienone is 1. The summed E-state index contributed by atoms with van der Waals surface area (Å²) in [7, 11) is 1.60. The van der Waals surface area contributed by atoms with E-state index in [-0.39, 0.29) is 18.4 Å². The molecule has 1 aliphatic heterocycles. The van der Waals surface area contributed by atoms with E-state index in [4.69, 9.17) is 31.9 Å². The number of methoxy groups -OCH3 is 1. The van der Waals surface area contributed by atoms with Crippen LogP contribution in [0.3, 0.4) is 0 Å². The Morgan fingerprint density at radius 3 is 2.32 bits per heavy atom. The molecule has 2 atom stereocenters. The van der Waals surface area contributed by atoms with E-state index in [0.717, 1.165) is 27.9 Å². The molecular formula is C31H32ClN3O3. The number of carbonyl (C=O) groups is 1. The van der Waals surface area contributed by atoms with Crippen molar-refractivity contribution < 1.29 is 14.3 Å². The Balaban J connectivity index is 1.84. The maximum Gasteiger partial charge on any atom is 0.232 e. The predicted octanol–water partition coefficient (Wildman–Crippen LogP) is 7.14. The van der Waals surface area contributed by atoms with Gasteiger partial charge in [-0.15, -0.1) is 0 Å². The lowest BCUT2D eigenvalue weighted by Crippen LogP contribution is -2.41. The van der Waals surface area contributed by atoms with Gasteiger partial charge in [0.2, 0.25) is 5.91 Å². The van der Waals surface area contributed by atoms with Gasteiger partial charge in [-0.2, -0.15) is 0 Å². The molecule has 3 aromatic rings. The van der Waals surface area contributed by atoms with Gasteiger partial charge in [-0.3, -0.25) is 4.79 Å². The number of anilines is 1. The Hall–Kier alpha value is -3.90. The molecule has 196 valence electrons. The standard InChI is InChI=1S/C31H32ClN3O3/c1-18(2)30(34)26(17-33)20-8-12-24(13-9-20)35-29(36)15-22-14-27(37-5)28(38-19(3)4)16-25(22)31(35)21-6-10-23(32)11-7-21/h6-14,16-17,19,26,31,33-34H,1,15H2,2-5H3. The maximum absolute atomic E-state index is 13.7. The Morgan fingerprint density at radius 1 is 1.11 bits per heavy atom. The molecule has 0 saturated carbocycles. The molecule has 3 aromatic carbocycles. The van der Waals surface area contributed by atoms with Crippen LogP contribution >= 0.6 is 11.6 Å². The van der Waals surface area contributed by atoms with E-state index in [1.165, 1.54) is 6.21 Å². The SMILES string of the molecule is C=C(C)C(=N)C(C=N)c1ccc(N2C(=O)Cc3cc(OC)c(OC(C)C)cc3C2c2ccc(Cl)cc2)cc1. The normalized spacial score (nSPS) is 15.6. The van der Waals surface area contributed by atoms with Crippen molar-refractivity contribution in [2.45, 2.75) is 45.3 Å². The number of benzene rings is 3. The number of amides is 1. The van der Waals surface area contributed by atoms with Gasteiger partial charge >= 0.3 is 0 Å². The van der Waals surface area contributed by atoms with Gasteiger partial charge in [0.05, 0.1) is 31.6 Å². The summed E-state index contributed by atoms with van der Waals surface area (Å²) in [4.78, 5) is 15.5. The van der Waals surface area contributed by atoms with Crippen LogP contribution in [0.2, 0.25) is 5.02 Å². The molecule has 4 rings (SSSR count). The van der Waals surface area contributed by atoms with Crippen molar-refractivity contribution in [3.05, 3.63) is 100 Å². The first-order valence-corrected chi connectivity index (χ1v) is 12.8. The quantitative estimate of drug-likeness (QED) is 0.289. The molecule has 1 heterocycles. The van der Waals surface area contributed by atoms with Crippen molar-refractivity contribution in [3.63, 3.8) is 0 Å². The lowest BCUT2D eigenvalue weighted by atomic mass is 9.86. The molecular weight excluding hydrogens is 498 g/mol. The number of halogens is 1. The topological polar surface area (TPSA) is 86.5 Å². The Kier molecular flexibility index (Phi) is 8.02. The number of nitrogens with one attached hydrogen (secondary N) is 2. The molecule has 0 spiro atoms. The van der Waals surface area contributed by atoms with E-state index in [2.05, 4.69) is 6.58 Å². The number of nitrogens with zero attached hydrogens (tertiary/aromatic N) is 1. The second kappa shape index (κ2) is 11.2. The van der Waals surface area contributed by atoms with Crippen molar-refractivity contribution in [1.82, 2.24) is 0 Å². The third-order valence-electron chi connectivity index (χ3n) is 6.60. The highest BCUT2D eigenvalue weighted by atomic mass is 35.5. The van der Waals surface area contributed by atoms with E-state index in [1.54, 1.807) is 18.9 Å². The smallest absolute Gasteiger partial charge is 0.232 e. The number of ether oxygens (including phenoxy) is 2. The molecule has 0 bridgehead atoms. The number of fused-ring (bicyclic) bond motifs is 1. The van der Waals surface area contributed by atoms with E-state index in [0.29, 0.717) is 27.8 Å². The molecule has 1 amide bonds. The third-order valence-corrected chi connectivity index (χ3v) is 6.86. The van der Waals surface area contributed by atoms with Gasteiger partial charge in [-0.05, 0) is 85.0 Å². The van der Waals surface area contributed by atoms with E-state index < -0.39 is 12.0 Å². The molecule has 6 nitrogen and oxygen atoms in total. The van der Waals surface area contributed by atoms with Crippen LogP contribution in [0, 0.1) is 10.8 Å². The molecule has 0 saturated heterocycles. The summed E-state index contributed by atoms with van der Waals surface area (Å²) in [6.07, 6.45) is 1.40. The zero-order valence-electron chi connectivity index (χ0n) is 22.0. The number of rotatable bonds is 9. The van der Waals surface area contributed by atoms with Crippen LogP contribution in [0.25, 0.3) is 0 Å². The van der Waals surface area contributed by atoms with Crippen LogP contribution in [0.5, 0.6) is 11.5 Å². The van der Waals surface area contributed by atoms with Gasteiger partial charge in [0.15, 0.2) is 11.5 Å². The monoisotopic (exact) mass is 529 g/mol. The summed E-state index contributed by atoms with van der Waals surface area (Å²) in [6, 6.07) is 18.4. The zero-order chi connectivity index (χ0) is 27.6. The summed E-state index contributed by atoms with van der Waals surface area (Å²) < 4.78 is 11.7. The Labute approximate surface area is 228 Å². The summed E-state index contributed by atoms with van der Waals surface area (Å²) in [5.41, 5.74) is 5.17. The molecule has 0 fully saturated rings. The molecule has 0 aliphatic carbocycles. The van der Waals surface area contributed by atoms with Crippen molar-refractivity contribution >= 4 is 35.1 Å². The van der Waals surface area contributed by atoms with Gasteiger partial charge in [0, 0.05) is 22.6 Å². The van der Waals surface area contributed by atoms with Crippen molar-refractivity contribution in [2.75, 3.05) is 12.0 Å². The summed E-state index contributed by atoms with van der Waals surface area (Å²) in [5.74, 6) is 0.671. The molecule has 0 aromatic heterocycles. The highest BCUT2D eigenvalue weighted by Gasteiger charge is 2.36. The fourth-order valence-corrected chi connectivity index (χ4v) is 4.91. The minimum atomic E-state index is -0.491.